The summed E-state index contributed by atoms with van der Waals surface area (Å²) in [5.74, 6) is -0.110. The van der Waals surface area contributed by atoms with Crippen molar-refractivity contribution in [2.24, 2.45) is 5.10 Å². The lowest BCUT2D eigenvalue weighted by Gasteiger charge is -2.06. The van der Waals surface area contributed by atoms with Crippen LogP contribution in [0.25, 0.3) is 0 Å². The van der Waals surface area contributed by atoms with Gasteiger partial charge in [-0.15, -0.1) is 0 Å². The molecule has 1 N–H and O–H groups in total. The Labute approximate surface area is 140 Å². The molecule has 6 nitrogen and oxygen atoms in total. The van der Waals surface area contributed by atoms with Crippen molar-refractivity contribution in [1.82, 2.24) is 0 Å². The molecule has 0 heterocycles. The molecule has 0 unspecified atom stereocenters. The summed E-state index contributed by atoms with van der Waals surface area (Å²) < 4.78 is 24.8. The predicted molar refractivity (Wildman–Crippen MR) is 90.8 cm³/mol. The number of anilines is 1. The second-order valence-electron chi connectivity index (χ2n) is 5.06. The van der Waals surface area contributed by atoms with Gasteiger partial charge < -0.3 is 0 Å². The Bertz CT molecular complexity index is 916. The lowest BCUT2D eigenvalue weighted by molar-refractivity contribution is 0.595. The molecule has 7 heteroatoms. The van der Waals surface area contributed by atoms with Crippen LogP contribution in [0, 0.1) is 29.6 Å². The average Bonchev–Trinajstić information content (AvgIpc) is 2.57. The van der Waals surface area contributed by atoms with Crippen LogP contribution in [-0.4, -0.2) is 14.1 Å². The third kappa shape index (κ3) is 4.42. The van der Waals surface area contributed by atoms with Crippen LogP contribution in [0.15, 0.2) is 58.5 Å². The zero-order valence-electron chi connectivity index (χ0n) is 12.9. The zero-order chi connectivity index (χ0) is 17.6. The van der Waals surface area contributed by atoms with Gasteiger partial charge in [-0.1, -0.05) is 29.8 Å². The van der Waals surface area contributed by atoms with Gasteiger partial charge in [0.15, 0.2) is 9.84 Å². The van der Waals surface area contributed by atoms with E-state index in [1.54, 1.807) is 60.7 Å². The predicted octanol–water partition coefficient (Wildman–Crippen LogP) is 2.78. The number of aryl methyl sites for hydroxylation is 1. The molecule has 0 aliphatic carbocycles. The summed E-state index contributed by atoms with van der Waals surface area (Å²) in [4.78, 5) is 0.285. The van der Waals surface area contributed by atoms with Crippen molar-refractivity contribution in [2.45, 2.75) is 17.6 Å². The van der Waals surface area contributed by atoms with Crippen molar-refractivity contribution in [2.75, 3.05) is 5.43 Å². The van der Waals surface area contributed by atoms with Gasteiger partial charge in [0.05, 0.1) is 16.3 Å². The minimum atomic E-state index is -3.41. The lowest BCUT2D eigenvalue weighted by Crippen LogP contribution is -2.05. The topological polar surface area (TPSA) is 106 Å². The van der Waals surface area contributed by atoms with E-state index in [1.807, 2.05) is 6.92 Å². The first kappa shape index (κ1) is 17.2. The molecule has 0 aliphatic rings. The number of benzene rings is 2. The van der Waals surface area contributed by atoms with Gasteiger partial charge in [-0.2, -0.15) is 15.6 Å². The Hall–Kier alpha value is -3.16. The maximum Gasteiger partial charge on any atom is 0.237 e. The SMILES string of the molecule is Cc1ccc(S(=O)(=O)Cc2ccc(NN=C(C#N)C#N)cc2)cc1. The van der Waals surface area contributed by atoms with Crippen molar-refractivity contribution in [3.63, 3.8) is 0 Å². The van der Waals surface area contributed by atoms with E-state index in [0.717, 1.165) is 5.56 Å². The van der Waals surface area contributed by atoms with Crippen LogP contribution in [-0.2, 0) is 15.6 Å². The summed E-state index contributed by atoms with van der Waals surface area (Å²) in [7, 11) is -3.41. The number of sulfone groups is 1. The van der Waals surface area contributed by atoms with E-state index in [-0.39, 0.29) is 16.4 Å². The number of nitrogens with zero attached hydrogens (tertiary/aromatic N) is 3. The van der Waals surface area contributed by atoms with E-state index in [1.165, 1.54) is 0 Å². The number of hydrogen-bond donors (Lipinski definition) is 1. The summed E-state index contributed by atoms with van der Waals surface area (Å²) in [6.07, 6.45) is 0. The molecule has 0 spiro atoms. The highest BCUT2D eigenvalue weighted by atomic mass is 32.2. The molecule has 0 aliphatic heterocycles. The van der Waals surface area contributed by atoms with Crippen LogP contribution < -0.4 is 5.43 Å². The van der Waals surface area contributed by atoms with Gasteiger partial charge in [0, 0.05) is 0 Å². The summed E-state index contributed by atoms with van der Waals surface area (Å²) in [5, 5.41) is 20.8. The first-order valence-corrected chi connectivity index (χ1v) is 8.62. The largest absolute Gasteiger partial charge is 0.277 e. The highest BCUT2D eigenvalue weighted by Gasteiger charge is 2.15. The molecule has 0 amide bonds. The summed E-state index contributed by atoms with van der Waals surface area (Å²) >= 11 is 0. The molecule has 0 aromatic heterocycles. The summed E-state index contributed by atoms with van der Waals surface area (Å²) in [6, 6.07) is 16.6. The number of hydrogen-bond acceptors (Lipinski definition) is 6. The van der Waals surface area contributed by atoms with E-state index < -0.39 is 9.84 Å². The maximum absolute atomic E-state index is 12.4. The fourth-order valence-electron chi connectivity index (χ4n) is 1.92. The molecule has 120 valence electrons. The monoisotopic (exact) mass is 338 g/mol. The van der Waals surface area contributed by atoms with E-state index in [4.69, 9.17) is 10.5 Å². The molecule has 0 atom stereocenters. The van der Waals surface area contributed by atoms with Crippen LogP contribution in [0.4, 0.5) is 5.69 Å². The lowest BCUT2D eigenvalue weighted by atomic mass is 10.2. The van der Waals surface area contributed by atoms with Crippen LogP contribution in [0.2, 0.25) is 0 Å². The van der Waals surface area contributed by atoms with Gasteiger partial charge in [0.1, 0.15) is 12.1 Å². The van der Waals surface area contributed by atoms with E-state index in [0.29, 0.717) is 11.3 Å². The highest BCUT2D eigenvalue weighted by Crippen LogP contribution is 2.18. The van der Waals surface area contributed by atoms with Crippen LogP contribution in [0.3, 0.4) is 0 Å². The van der Waals surface area contributed by atoms with Crippen molar-refractivity contribution >= 4 is 21.2 Å². The molecule has 2 rings (SSSR count). The van der Waals surface area contributed by atoms with Crippen molar-refractivity contribution in [3.8, 4) is 12.1 Å². The van der Waals surface area contributed by atoms with E-state index >= 15 is 0 Å². The summed E-state index contributed by atoms with van der Waals surface area (Å²) in [6.45, 7) is 1.90. The smallest absolute Gasteiger partial charge is 0.237 e. The molecule has 0 saturated heterocycles. The molecule has 0 fully saturated rings. The standard InChI is InChI=1S/C17H14N4O2S/c1-13-2-8-17(9-3-13)24(22,23)12-14-4-6-15(7-5-14)20-21-16(10-18)11-19/h2-9,20H,12H2,1H3. The van der Waals surface area contributed by atoms with Gasteiger partial charge in [0.25, 0.3) is 0 Å². The Morgan fingerprint density at radius 3 is 2.17 bits per heavy atom. The second-order valence-corrected chi connectivity index (χ2v) is 7.05. The van der Waals surface area contributed by atoms with Crippen LogP contribution >= 0.6 is 0 Å². The molecular weight excluding hydrogens is 324 g/mol. The Kier molecular flexibility index (Phi) is 5.31. The van der Waals surface area contributed by atoms with Crippen LogP contribution in [0.1, 0.15) is 11.1 Å². The molecule has 2 aromatic rings. The van der Waals surface area contributed by atoms with Gasteiger partial charge in [-0.25, -0.2) is 8.42 Å². The van der Waals surface area contributed by atoms with Crippen molar-refractivity contribution in [3.05, 3.63) is 59.7 Å². The van der Waals surface area contributed by atoms with Gasteiger partial charge in [0.2, 0.25) is 5.71 Å². The first-order valence-electron chi connectivity index (χ1n) is 6.97. The fourth-order valence-corrected chi connectivity index (χ4v) is 3.27. The van der Waals surface area contributed by atoms with Crippen LogP contribution in [0.5, 0.6) is 0 Å². The van der Waals surface area contributed by atoms with Gasteiger partial charge >= 0.3 is 0 Å². The Balaban J connectivity index is 2.12. The highest BCUT2D eigenvalue weighted by molar-refractivity contribution is 7.90. The third-order valence-corrected chi connectivity index (χ3v) is 4.90. The maximum atomic E-state index is 12.4. The second kappa shape index (κ2) is 7.40. The molecule has 2 aromatic carbocycles. The number of nitrogens with one attached hydrogen (secondary N) is 1. The minimum Gasteiger partial charge on any atom is -0.277 e. The van der Waals surface area contributed by atoms with Crippen molar-refractivity contribution < 1.29 is 8.42 Å². The molecular formula is C17H14N4O2S. The van der Waals surface area contributed by atoms with E-state index in [2.05, 4.69) is 10.5 Å². The number of rotatable bonds is 5. The van der Waals surface area contributed by atoms with Gasteiger partial charge in [-0.3, -0.25) is 5.43 Å². The number of hydrazone groups is 1. The molecule has 0 radical (unpaired) electrons. The molecule has 0 bridgehead atoms. The zero-order valence-corrected chi connectivity index (χ0v) is 13.7. The van der Waals surface area contributed by atoms with E-state index in [9.17, 15) is 8.42 Å². The first-order chi connectivity index (χ1) is 11.4. The van der Waals surface area contributed by atoms with Crippen molar-refractivity contribution in [1.29, 1.82) is 10.5 Å². The fraction of sp³-hybridized carbons (Fsp3) is 0.118. The average molecular weight is 338 g/mol. The quantitative estimate of drug-likeness (QED) is 0.666. The third-order valence-electron chi connectivity index (χ3n) is 3.20. The summed E-state index contributed by atoms with van der Waals surface area (Å²) in [5.41, 5.74) is 4.46. The molecule has 24 heavy (non-hydrogen) atoms. The normalized spacial score (nSPS) is 10.3. The number of nitriles is 2. The Morgan fingerprint density at radius 1 is 1.04 bits per heavy atom. The minimum absolute atomic E-state index is 0.110. The Morgan fingerprint density at radius 2 is 1.62 bits per heavy atom. The van der Waals surface area contributed by atoms with Gasteiger partial charge in [-0.05, 0) is 36.8 Å². The molecule has 0 saturated carbocycles.